The standard InChI is InChI=1S/C21H26N2O3/c24-21(20-6-2-12-26-20)22-18-7-9-19(10-8-18)25-13-3-11-23-14-16-4-1-5-17(16)15-23/h2,6-10,12,16-17H,1,3-5,11,13-15H2,(H,22,24). The summed E-state index contributed by atoms with van der Waals surface area (Å²) in [7, 11) is 0. The fraction of sp³-hybridized carbons (Fsp3) is 0.476. The van der Waals surface area contributed by atoms with Gasteiger partial charge in [-0.2, -0.15) is 0 Å². The first-order chi connectivity index (χ1) is 12.8. The number of likely N-dealkylation sites (tertiary alicyclic amines) is 1. The van der Waals surface area contributed by atoms with E-state index in [0.29, 0.717) is 5.76 Å². The minimum absolute atomic E-state index is 0.251. The van der Waals surface area contributed by atoms with Gasteiger partial charge in [0, 0.05) is 25.3 Å². The summed E-state index contributed by atoms with van der Waals surface area (Å²) in [6.07, 6.45) is 6.84. The smallest absolute Gasteiger partial charge is 0.291 e. The summed E-state index contributed by atoms with van der Waals surface area (Å²) in [5.74, 6) is 2.80. The molecule has 5 nitrogen and oxygen atoms in total. The Morgan fingerprint density at radius 1 is 1.15 bits per heavy atom. The Bertz CT molecular complexity index is 699. The van der Waals surface area contributed by atoms with Crippen LogP contribution in [-0.4, -0.2) is 37.0 Å². The second-order valence-electron chi connectivity index (χ2n) is 7.37. The number of ether oxygens (including phenoxy) is 1. The molecule has 1 aliphatic carbocycles. The lowest BCUT2D eigenvalue weighted by Crippen LogP contribution is -2.24. The van der Waals surface area contributed by atoms with E-state index in [1.807, 2.05) is 24.3 Å². The number of nitrogens with zero attached hydrogens (tertiary/aromatic N) is 1. The number of nitrogens with one attached hydrogen (secondary N) is 1. The van der Waals surface area contributed by atoms with Crippen molar-refractivity contribution in [2.24, 2.45) is 11.8 Å². The number of carbonyl (C=O) groups is 1. The number of benzene rings is 1. The fourth-order valence-corrected chi connectivity index (χ4v) is 4.23. The first-order valence-corrected chi connectivity index (χ1v) is 9.58. The largest absolute Gasteiger partial charge is 0.494 e. The third-order valence-electron chi connectivity index (χ3n) is 5.55. The second-order valence-corrected chi connectivity index (χ2v) is 7.37. The average Bonchev–Trinajstić information content (AvgIpc) is 3.37. The number of fused-ring (bicyclic) bond motifs is 1. The van der Waals surface area contributed by atoms with Gasteiger partial charge in [-0.05, 0) is 67.5 Å². The topological polar surface area (TPSA) is 54.7 Å². The van der Waals surface area contributed by atoms with E-state index in [2.05, 4.69) is 10.2 Å². The molecule has 2 aliphatic rings. The van der Waals surface area contributed by atoms with Crippen LogP contribution in [0.5, 0.6) is 5.75 Å². The summed E-state index contributed by atoms with van der Waals surface area (Å²) < 4.78 is 10.9. The Kier molecular flexibility index (Phi) is 5.25. The highest BCUT2D eigenvalue weighted by Crippen LogP contribution is 2.37. The van der Waals surface area contributed by atoms with E-state index >= 15 is 0 Å². The monoisotopic (exact) mass is 354 g/mol. The van der Waals surface area contributed by atoms with Crippen LogP contribution in [0.3, 0.4) is 0 Å². The molecule has 1 aliphatic heterocycles. The van der Waals surface area contributed by atoms with Crippen molar-refractivity contribution in [3.63, 3.8) is 0 Å². The minimum Gasteiger partial charge on any atom is -0.494 e. The highest BCUT2D eigenvalue weighted by atomic mass is 16.5. The summed E-state index contributed by atoms with van der Waals surface area (Å²) in [4.78, 5) is 14.5. The van der Waals surface area contributed by atoms with Gasteiger partial charge in [0.15, 0.2) is 5.76 Å². The van der Waals surface area contributed by atoms with Crippen LogP contribution < -0.4 is 10.1 Å². The summed E-state index contributed by atoms with van der Waals surface area (Å²) in [5.41, 5.74) is 0.724. The quantitative estimate of drug-likeness (QED) is 0.763. The van der Waals surface area contributed by atoms with Crippen LogP contribution in [0.4, 0.5) is 5.69 Å². The predicted molar refractivity (Wildman–Crippen MR) is 100 cm³/mol. The van der Waals surface area contributed by atoms with Crippen LogP contribution in [0.2, 0.25) is 0 Å². The minimum atomic E-state index is -0.251. The van der Waals surface area contributed by atoms with Crippen molar-refractivity contribution in [3.8, 4) is 5.75 Å². The lowest BCUT2D eigenvalue weighted by molar-refractivity contribution is 0.0996. The van der Waals surface area contributed by atoms with Gasteiger partial charge >= 0.3 is 0 Å². The van der Waals surface area contributed by atoms with Crippen molar-refractivity contribution in [2.75, 3.05) is 31.6 Å². The normalized spacial score (nSPS) is 22.3. The zero-order chi connectivity index (χ0) is 17.8. The molecule has 2 aromatic rings. The third-order valence-corrected chi connectivity index (χ3v) is 5.55. The van der Waals surface area contributed by atoms with Gasteiger partial charge in [0.05, 0.1) is 12.9 Å². The number of amides is 1. The van der Waals surface area contributed by atoms with Gasteiger partial charge in [0.2, 0.25) is 0 Å². The molecule has 26 heavy (non-hydrogen) atoms. The van der Waals surface area contributed by atoms with Gasteiger partial charge in [0.1, 0.15) is 5.75 Å². The van der Waals surface area contributed by atoms with Crippen molar-refractivity contribution in [1.29, 1.82) is 0 Å². The van der Waals surface area contributed by atoms with Crippen LogP contribution in [0.1, 0.15) is 36.2 Å². The Balaban J connectivity index is 1.17. The lowest BCUT2D eigenvalue weighted by atomic mass is 10.0. The van der Waals surface area contributed by atoms with Crippen LogP contribution >= 0.6 is 0 Å². The molecular formula is C21H26N2O3. The number of rotatable bonds is 7. The van der Waals surface area contributed by atoms with Crippen molar-refractivity contribution < 1.29 is 13.9 Å². The van der Waals surface area contributed by atoms with Crippen molar-refractivity contribution >= 4 is 11.6 Å². The van der Waals surface area contributed by atoms with Crippen LogP contribution in [0.15, 0.2) is 47.1 Å². The van der Waals surface area contributed by atoms with E-state index in [0.717, 1.165) is 42.8 Å². The van der Waals surface area contributed by atoms with Gasteiger partial charge in [-0.1, -0.05) is 6.42 Å². The molecule has 2 atom stereocenters. The molecule has 1 saturated carbocycles. The van der Waals surface area contributed by atoms with Gasteiger partial charge in [-0.3, -0.25) is 4.79 Å². The molecule has 1 saturated heterocycles. The van der Waals surface area contributed by atoms with E-state index < -0.39 is 0 Å². The van der Waals surface area contributed by atoms with Crippen LogP contribution in [0.25, 0.3) is 0 Å². The predicted octanol–water partition coefficient (Wildman–Crippen LogP) is 4.03. The van der Waals surface area contributed by atoms with E-state index in [-0.39, 0.29) is 5.91 Å². The van der Waals surface area contributed by atoms with E-state index in [4.69, 9.17) is 9.15 Å². The molecule has 0 radical (unpaired) electrons. The highest BCUT2D eigenvalue weighted by molar-refractivity contribution is 6.02. The SMILES string of the molecule is O=C(Nc1ccc(OCCCN2CC3CCCC3C2)cc1)c1ccco1. The molecule has 2 heterocycles. The van der Waals surface area contributed by atoms with Crippen molar-refractivity contribution in [1.82, 2.24) is 4.90 Å². The van der Waals surface area contributed by atoms with Gasteiger partial charge in [-0.25, -0.2) is 0 Å². The number of hydrogen-bond acceptors (Lipinski definition) is 4. The van der Waals surface area contributed by atoms with Crippen LogP contribution in [-0.2, 0) is 0 Å². The van der Waals surface area contributed by atoms with Gasteiger partial charge in [-0.15, -0.1) is 0 Å². The molecule has 1 aromatic heterocycles. The molecule has 2 fully saturated rings. The maximum Gasteiger partial charge on any atom is 0.291 e. The molecule has 4 rings (SSSR count). The Morgan fingerprint density at radius 3 is 2.62 bits per heavy atom. The van der Waals surface area contributed by atoms with Crippen molar-refractivity contribution in [3.05, 3.63) is 48.4 Å². The molecule has 0 spiro atoms. The number of anilines is 1. The molecule has 138 valence electrons. The molecule has 0 bridgehead atoms. The second kappa shape index (κ2) is 7.96. The summed E-state index contributed by atoms with van der Waals surface area (Å²) >= 11 is 0. The van der Waals surface area contributed by atoms with Crippen molar-refractivity contribution in [2.45, 2.75) is 25.7 Å². The first-order valence-electron chi connectivity index (χ1n) is 9.58. The lowest BCUT2D eigenvalue weighted by Gasteiger charge is -2.16. The van der Waals surface area contributed by atoms with E-state index in [1.165, 1.54) is 38.6 Å². The Morgan fingerprint density at radius 2 is 1.92 bits per heavy atom. The molecule has 1 amide bonds. The van der Waals surface area contributed by atoms with Crippen LogP contribution in [0, 0.1) is 11.8 Å². The zero-order valence-electron chi connectivity index (χ0n) is 15.0. The summed E-state index contributed by atoms with van der Waals surface area (Å²) in [5, 5.41) is 2.80. The number of carbonyl (C=O) groups excluding carboxylic acids is 1. The molecule has 1 aromatic carbocycles. The average molecular weight is 354 g/mol. The molecule has 5 heteroatoms. The fourth-order valence-electron chi connectivity index (χ4n) is 4.23. The van der Waals surface area contributed by atoms with E-state index in [1.54, 1.807) is 12.1 Å². The first kappa shape index (κ1) is 17.2. The van der Waals surface area contributed by atoms with E-state index in [9.17, 15) is 4.79 Å². The van der Waals surface area contributed by atoms with Gasteiger partial charge in [0.25, 0.3) is 5.91 Å². The Labute approximate surface area is 154 Å². The molecular weight excluding hydrogens is 328 g/mol. The number of furan rings is 1. The molecule has 1 N–H and O–H groups in total. The molecule has 2 unspecified atom stereocenters. The maximum absolute atomic E-state index is 11.9. The third kappa shape index (κ3) is 4.10. The summed E-state index contributed by atoms with van der Waals surface area (Å²) in [6, 6.07) is 10.8. The Hall–Kier alpha value is -2.27. The van der Waals surface area contributed by atoms with Gasteiger partial charge < -0.3 is 19.4 Å². The zero-order valence-corrected chi connectivity index (χ0v) is 15.0. The number of hydrogen-bond donors (Lipinski definition) is 1. The summed E-state index contributed by atoms with van der Waals surface area (Å²) in [6.45, 7) is 4.43. The maximum atomic E-state index is 11.9. The highest BCUT2D eigenvalue weighted by Gasteiger charge is 2.35.